The smallest absolute Gasteiger partial charge is 0.335 e. The van der Waals surface area contributed by atoms with Gasteiger partial charge >= 0.3 is 5.97 Å². The van der Waals surface area contributed by atoms with Gasteiger partial charge in [-0.2, -0.15) is 0 Å². The molecule has 3 rings (SSSR count). The standard InChI is InChI=1S/C21H14F2O2/c1-2-19(24)25-16-10-8-15(9-11-16)18-13-12-17(20(22)21(18)23)14-6-4-3-5-7-14/h2-13H,1H2. The van der Waals surface area contributed by atoms with Crippen LogP contribution in [0, 0.1) is 11.6 Å². The molecule has 0 spiro atoms. The zero-order valence-electron chi connectivity index (χ0n) is 13.2. The van der Waals surface area contributed by atoms with Crippen LogP contribution in [0.1, 0.15) is 0 Å². The predicted molar refractivity (Wildman–Crippen MR) is 93.1 cm³/mol. The lowest BCUT2D eigenvalue weighted by molar-refractivity contribution is -0.128. The Morgan fingerprint density at radius 1 is 0.800 bits per heavy atom. The molecule has 0 atom stereocenters. The van der Waals surface area contributed by atoms with Gasteiger partial charge in [0.15, 0.2) is 11.6 Å². The van der Waals surface area contributed by atoms with Gasteiger partial charge in [-0.3, -0.25) is 0 Å². The molecule has 25 heavy (non-hydrogen) atoms. The van der Waals surface area contributed by atoms with E-state index in [1.807, 2.05) is 6.07 Å². The Labute approximate surface area is 144 Å². The Kier molecular flexibility index (Phi) is 4.70. The number of carbonyl (C=O) groups excluding carboxylic acids is 1. The molecule has 3 aromatic carbocycles. The molecule has 0 aliphatic rings. The van der Waals surface area contributed by atoms with Crippen molar-refractivity contribution < 1.29 is 18.3 Å². The molecule has 0 unspecified atom stereocenters. The molecule has 0 fully saturated rings. The largest absolute Gasteiger partial charge is 0.423 e. The van der Waals surface area contributed by atoms with Crippen molar-refractivity contribution in [1.29, 1.82) is 0 Å². The number of hydrogen-bond acceptors (Lipinski definition) is 2. The average Bonchev–Trinajstić information content (AvgIpc) is 2.65. The van der Waals surface area contributed by atoms with Crippen molar-refractivity contribution in [2.45, 2.75) is 0 Å². The van der Waals surface area contributed by atoms with Crippen LogP contribution in [0.2, 0.25) is 0 Å². The summed E-state index contributed by atoms with van der Waals surface area (Å²) in [5.41, 5.74) is 1.43. The lowest BCUT2D eigenvalue weighted by atomic mass is 9.99. The molecule has 2 nitrogen and oxygen atoms in total. The highest BCUT2D eigenvalue weighted by Crippen LogP contribution is 2.32. The maximum atomic E-state index is 14.5. The van der Waals surface area contributed by atoms with E-state index in [-0.39, 0.29) is 11.1 Å². The van der Waals surface area contributed by atoms with Crippen LogP contribution in [0.5, 0.6) is 5.75 Å². The predicted octanol–water partition coefficient (Wildman–Crippen LogP) is 5.39. The molecule has 0 aromatic heterocycles. The highest BCUT2D eigenvalue weighted by Gasteiger charge is 2.16. The van der Waals surface area contributed by atoms with Crippen molar-refractivity contribution in [2.75, 3.05) is 0 Å². The fourth-order valence-corrected chi connectivity index (χ4v) is 2.47. The van der Waals surface area contributed by atoms with E-state index in [1.165, 1.54) is 18.2 Å². The van der Waals surface area contributed by atoms with E-state index >= 15 is 0 Å². The Balaban J connectivity index is 1.94. The van der Waals surface area contributed by atoms with E-state index in [4.69, 9.17) is 4.74 Å². The summed E-state index contributed by atoms with van der Waals surface area (Å²) >= 11 is 0. The first-order chi connectivity index (χ1) is 12.1. The Morgan fingerprint density at radius 3 is 1.84 bits per heavy atom. The summed E-state index contributed by atoms with van der Waals surface area (Å²) < 4.78 is 34.0. The molecule has 0 radical (unpaired) electrons. The maximum Gasteiger partial charge on any atom is 0.335 e. The number of halogens is 2. The van der Waals surface area contributed by atoms with Gasteiger partial charge < -0.3 is 4.74 Å². The molecule has 4 heteroatoms. The van der Waals surface area contributed by atoms with E-state index in [9.17, 15) is 13.6 Å². The molecular formula is C21H14F2O2. The first-order valence-corrected chi connectivity index (χ1v) is 7.58. The maximum absolute atomic E-state index is 14.5. The second-order valence-electron chi connectivity index (χ2n) is 5.30. The highest BCUT2D eigenvalue weighted by atomic mass is 19.2. The third-order valence-electron chi connectivity index (χ3n) is 3.72. The molecule has 0 saturated carbocycles. The molecule has 0 saturated heterocycles. The van der Waals surface area contributed by atoms with Crippen LogP contribution in [0.4, 0.5) is 8.78 Å². The van der Waals surface area contributed by atoms with Crippen molar-refractivity contribution in [2.24, 2.45) is 0 Å². The van der Waals surface area contributed by atoms with E-state index in [2.05, 4.69) is 6.58 Å². The van der Waals surface area contributed by atoms with Gasteiger partial charge in [-0.1, -0.05) is 61.2 Å². The zero-order valence-corrected chi connectivity index (χ0v) is 13.2. The summed E-state index contributed by atoms with van der Waals surface area (Å²) in [6.07, 6.45) is 1.05. The first-order valence-electron chi connectivity index (χ1n) is 7.58. The normalized spacial score (nSPS) is 10.3. The van der Waals surface area contributed by atoms with Gasteiger partial charge in [0.25, 0.3) is 0 Å². The third kappa shape index (κ3) is 3.48. The minimum absolute atomic E-state index is 0.138. The van der Waals surface area contributed by atoms with E-state index in [1.54, 1.807) is 42.5 Å². The van der Waals surface area contributed by atoms with Gasteiger partial charge in [0.05, 0.1) is 0 Å². The van der Waals surface area contributed by atoms with E-state index in [0.29, 0.717) is 16.9 Å². The molecule has 0 bridgehead atoms. The molecule has 0 aliphatic heterocycles. The quantitative estimate of drug-likeness (QED) is 0.363. The van der Waals surface area contributed by atoms with Gasteiger partial charge in [-0.25, -0.2) is 13.6 Å². The average molecular weight is 336 g/mol. The summed E-state index contributed by atoms with van der Waals surface area (Å²) in [6, 6.07) is 18.0. The molecule has 3 aromatic rings. The summed E-state index contributed by atoms with van der Waals surface area (Å²) in [7, 11) is 0. The first kappa shape index (κ1) is 16.6. The Morgan fingerprint density at radius 2 is 1.32 bits per heavy atom. The third-order valence-corrected chi connectivity index (χ3v) is 3.72. The lowest BCUT2D eigenvalue weighted by Gasteiger charge is -2.10. The molecule has 0 aliphatic carbocycles. The number of ether oxygens (including phenoxy) is 1. The van der Waals surface area contributed by atoms with Crippen LogP contribution in [-0.2, 0) is 4.79 Å². The van der Waals surface area contributed by atoms with Gasteiger partial charge in [-0.05, 0) is 23.3 Å². The summed E-state index contributed by atoms with van der Waals surface area (Å²) in [5.74, 6) is -2.10. The topological polar surface area (TPSA) is 26.3 Å². The minimum Gasteiger partial charge on any atom is -0.423 e. The Hall–Kier alpha value is -3.27. The number of esters is 1. The monoisotopic (exact) mass is 336 g/mol. The summed E-state index contributed by atoms with van der Waals surface area (Å²) in [5, 5.41) is 0. The van der Waals surface area contributed by atoms with Crippen molar-refractivity contribution in [3.05, 3.63) is 91.0 Å². The molecular weight excluding hydrogens is 322 g/mol. The minimum atomic E-state index is -0.919. The number of benzene rings is 3. The van der Waals surface area contributed by atoms with Crippen molar-refractivity contribution in [3.8, 4) is 28.0 Å². The second kappa shape index (κ2) is 7.09. The van der Waals surface area contributed by atoms with Crippen LogP contribution >= 0.6 is 0 Å². The second-order valence-corrected chi connectivity index (χ2v) is 5.30. The van der Waals surface area contributed by atoms with Crippen LogP contribution < -0.4 is 4.74 Å². The van der Waals surface area contributed by atoms with Crippen LogP contribution in [0.25, 0.3) is 22.3 Å². The van der Waals surface area contributed by atoms with Crippen molar-refractivity contribution in [1.82, 2.24) is 0 Å². The SMILES string of the molecule is C=CC(=O)Oc1ccc(-c2ccc(-c3ccccc3)c(F)c2F)cc1. The summed E-state index contributed by atoms with van der Waals surface area (Å²) in [4.78, 5) is 11.2. The fraction of sp³-hybridized carbons (Fsp3) is 0. The lowest BCUT2D eigenvalue weighted by Crippen LogP contribution is -2.02. The molecule has 0 heterocycles. The van der Waals surface area contributed by atoms with Gasteiger partial charge in [0.1, 0.15) is 5.75 Å². The van der Waals surface area contributed by atoms with Crippen LogP contribution in [0.3, 0.4) is 0 Å². The van der Waals surface area contributed by atoms with E-state index in [0.717, 1.165) is 6.08 Å². The van der Waals surface area contributed by atoms with Crippen LogP contribution in [-0.4, -0.2) is 5.97 Å². The van der Waals surface area contributed by atoms with Crippen molar-refractivity contribution in [3.63, 3.8) is 0 Å². The number of hydrogen-bond donors (Lipinski definition) is 0. The number of rotatable bonds is 4. The van der Waals surface area contributed by atoms with Gasteiger partial charge in [0.2, 0.25) is 0 Å². The van der Waals surface area contributed by atoms with Crippen LogP contribution in [0.15, 0.2) is 79.4 Å². The number of carbonyl (C=O) groups is 1. The van der Waals surface area contributed by atoms with Gasteiger partial charge in [0, 0.05) is 17.2 Å². The summed E-state index contributed by atoms with van der Waals surface area (Å²) in [6.45, 7) is 3.31. The zero-order chi connectivity index (χ0) is 17.8. The molecule has 0 amide bonds. The Bertz CT molecular complexity index is 917. The van der Waals surface area contributed by atoms with Crippen molar-refractivity contribution >= 4 is 5.97 Å². The highest BCUT2D eigenvalue weighted by molar-refractivity contribution is 5.83. The fourth-order valence-electron chi connectivity index (χ4n) is 2.47. The van der Waals surface area contributed by atoms with E-state index < -0.39 is 17.6 Å². The molecule has 0 N–H and O–H groups in total. The van der Waals surface area contributed by atoms with Gasteiger partial charge in [-0.15, -0.1) is 0 Å². The molecule has 124 valence electrons.